The lowest BCUT2D eigenvalue weighted by molar-refractivity contribution is -0.249. The molecule has 0 spiro atoms. The van der Waals surface area contributed by atoms with E-state index in [0.29, 0.717) is 20.7 Å². The maximum absolute atomic E-state index is 14.7. The summed E-state index contributed by atoms with van der Waals surface area (Å²) in [5.74, 6) is -4.07. The number of anilines is 2. The van der Waals surface area contributed by atoms with Crippen LogP contribution in [0.5, 0.6) is 0 Å². The van der Waals surface area contributed by atoms with E-state index in [1.165, 1.54) is 50.2 Å². The zero-order chi connectivity index (χ0) is 49.8. The first-order chi connectivity index (χ1) is 31.7. The third-order valence-electron chi connectivity index (χ3n) is 10.8. The SMILES string of the molecule is [C-]#[N+]c1ccc2nc(C(=O)Nc3ccc(F)c([C@]4(C)CO[C@@](C)(C(F)(F)F)C(N)=N4)c3)sc2n1.[C-]#[N+]c1ccc2nc(C(=O)Nc3ccc(F)c([C@]4(C)CO[C@@](C)(C(F)(F)F)C(N)=N4)c3)sc2n1. The molecule has 2 aliphatic heterocycles. The number of rotatable bonds is 6. The second-order valence-corrected chi connectivity index (χ2v) is 17.7. The predicted octanol–water partition coefficient (Wildman–Crippen LogP) is 9.11. The zero-order valence-electron chi connectivity index (χ0n) is 35.4. The maximum Gasteiger partial charge on any atom is 0.424 e. The van der Waals surface area contributed by atoms with Crippen molar-refractivity contribution in [1.29, 1.82) is 0 Å². The number of nitrogens with one attached hydrogen (secondary N) is 2. The van der Waals surface area contributed by atoms with Crippen LogP contribution in [0.15, 0.2) is 70.6 Å². The Kier molecular flexibility index (Phi) is 12.5. The molecular weight excluding hydrogens is 953 g/mol. The molecule has 26 heteroatoms. The lowest BCUT2D eigenvalue weighted by Crippen LogP contribution is -2.60. The van der Waals surface area contributed by atoms with Gasteiger partial charge < -0.3 is 41.3 Å². The Bertz CT molecular complexity index is 2970. The summed E-state index contributed by atoms with van der Waals surface area (Å²) in [5, 5.41) is 5.28. The smallest absolute Gasteiger partial charge is 0.385 e. The van der Waals surface area contributed by atoms with Crippen LogP contribution in [0.3, 0.4) is 0 Å². The van der Waals surface area contributed by atoms with Gasteiger partial charge in [0.15, 0.2) is 10.0 Å². The Hall–Kier alpha value is -7.26. The first kappa shape index (κ1) is 48.7. The molecule has 16 nitrogen and oxygen atoms in total. The largest absolute Gasteiger partial charge is 0.424 e. The number of hydrogen-bond donors (Lipinski definition) is 4. The van der Waals surface area contributed by atoms with Crippen molar-refractivity contribution < 1.29 is 54.2 Å². The Labute approximate surface area is 386 Å². The third kappa shape index (κ3) is 9.09. The lowest BCUT2D eigenvalue weighted by atomic mass is 9.89. The molecule has 6 aromatic rings. The Morgan fingerprint density at radius 1 is 0.632 bits per heavy atom. The van der Waals surface area contributed by atoms with Gasteiger partial charge in [0.25, 0.3) is 23.5 Å². The van der Waals surface area contributed by atoms with E-state index in [-0.39, 0.29) is 44.2 Å². The minimum Gasteiger partial charge on any atom is -0.385 e. The van der Waals surface area contributed by atoms with Crippen molar-refractivity contribution in [2.45, 2.75) is 62.3 Å². The number of amides is 2. The first-order valence-electron chi connectivity index (χ1n) is 19.4. The minimum atomic E-state index is -4.81. The van der Waals surface area contributed by atoms with Gasteiger partial charge in [0, 0.05) is 22.5 Å². The Balaban J connectivity index is 0.000000201. The summed E-state index contributed by atoms with van der Waals surface area (Å²) in [4.78, 5) is 57.1. The fourth-order valence-electron chi connectivity index (χ4n) is 6.59. The van der Waals surface area contributed by atoms with E-state index in [1.54, 1.807) is 12.1 Å². The molecule has 6 heterocycles. The maximum atomic E-state index is 14.7. The van der Waals surface area contributed by atoms with E-state index < -0.39 is 83.0 Å². The molecule has 8 rings (SSSR count). The van der Waals surface area contributed by atoms with Crippen molar-refractivity contribution in [2.24, 2.45) is 21.5 Å². The average Bonchev–Trinajstić information content (AvgIpc) is 3.92. The Morgan fingerprint density at radius 2 is 1.00 bits per heavy atom. The highest BCUT2D eigenvalue weighted by Gasteiger charge is 2.60. The van der Waals surface area contributed by atoms with Crippen LogP contribution in [0.25, 0.3) is 30.4 Å². The summed E-state index contributed by atoms with van der Waals surface area (Å²) in [6.45, 7) is 17.1. The van der Waals surface area contributed by atoms with Crippen molar-refractivity contribution in [2.75, 3.05) is 23.8 Å². The van der Waals surface area contributed by atoms with Gasteiger partial charge in [0.05, 0.1) is 13.2 Å². The number of amidine groups is 2. The van der Waals surface area contributed by atoms with Gasteiger partial charge in [-0.05, 0) is 88.4 Å². The topological polar surface area (TPSA) is 214 Å². The van der Waals surface area contributed by atoms with Gasteiger partial charge in [-0.15, -0.1) is 9.97 Å². The molecule has 4 aromatic heterocycles. The van der Waals surface area contributed by atoms with Crippen LogP contribution in [0.4, 0.5) is 58.1 Å². The molecule has 0 bridgehead atoms. The van der Waals surface area contributed by atoms with E-state index in [0.717, 1.165) is 48.7 Å². The van der Waals surface area contributed by atoms with Crippen LogP contribution in [0.2, 0.25) is 0 Å². The monoisotopic (exact) mass is 984 g/mol. The molecule has 0 aliphatic carbocycles. The molecule has 0 saturated carbocycles. The van der Waals surface area contributed by atoms with Gasteiger partial charge in [-0.1, -0.05) is 35.8 Å². The van der Waals surface area contributed by atoms with Crippen molar-refractivity contribution in [1.82, 2.24) is 19.9 Å². The van der Waals surface area contributed by atoms with E-state index in [9.17, 15) is 44.7 Å². The standard InChI is InChI=1S/2C21H16F4N6O2S/c2*1-19(9-33-20(2,18(26)31-19)21(23,24)25)11-8-10(4-5-12(11)22)28-15(32)17-29-13-6-7-14(27-3)30-16(13)34-17/h2*4-8H,9H2,1-2H3,(H2,26,31)(H,28,32)/t2*19-,20+/m00/s1. The van der Waals surface area contributed by atoms with Crippen molar-refractivity contribution in [3.63, 3.8) is 0 Å². The van der Waals surface area contributed by atoms with Gasteiger partial charge in [-0.3, -0.25) is 19.6 Å². The molecule has 68 heavy (non-hydrogen) atoms. The number of nitrogens with zero attached hydrogens (tertiary/aromatic N) is 8. The van der Waals surface area contributed by atoms with E-state index in [2.05, 4.69) is 50.2 Å². The van der Waals surface area contributed by atoms with Gasteiger partial charge in [0.2, 0.25) is 20.9 Å². The van der Waals surface area contributed by atoms with Crippen LogP contribution in [-0.4, -0.2) is 80.2 Å². The quantitative estimate of drug-likeness (QED) is 0.0918. The van der Waals surface area contributed by atoms with Crippen molar-refractivity contribution in [3.8, 4) is 0 Å². The molecule has 0 radical (unpaired) electrons. The average molecular weight is 985 g/mol. The summed E-state index contributed by atoms with van der Waals surface area (Å²) in [7, 11) is 0. The molecule has 0 unspecified atom stereocenters. The molecule has 4 atom stereocenters. The van der Waals surface area contributed by atoms with E-state index in [4.69, 9.17) is 34.1 Å². The number of ether oxygens (including phenoxy) is 2. The second-order valence-electron chi connectivity index (χ2n) is 15.7. The first-order valence-corrected chi connectivity index (χ1v) is 21.0. The molecule has 6 N–H and O–H groups in total. The molecular formula is C42H32F8N12O4S2. The van der Waals surface area contributed by atoms with Gasteiger partial charge in [-0.2, -0.15) is 26.3 Å². The highest BCUT2D eigenvalue weighted by molar-refractivity contribution is 7.20. The number of thiazole rings is 2. The van der Waals surface area contributed by atoms with Gasteiger partial charge in [-0.25, -0.2) is 18.7 Å². The van der Waals surface area contributed by atoms with E-state index >= 15 is 0 Å². The van der Waals surface area contributed by atoms with Crippen molar-refractivity contribution in [3.05, 3.63) is 116 Å². The Morgan fingerprint density at radius 3 is 1.32 bits per heavy atom. The van der Waals surface area contributed by atoms with Crippen LogP contribution in [0, 0.1) is 24.8 Å². The number of pyridine rings is 2. The normalized spacial score (nSPS) is 22.8. The predicted molar refractivity (Wildman–Crippen MR) is 235 cm³/mol. The summed E-state index contributed by atoms with van der Waals surface area (Å²) < 4.78 is 120. The molecule has 2 amide bonds. The summed E-state index contributed by atoms with van der Waals surface area (Å²) >= 11 is 1.95. The molecule has 2 aromatic carbocycles. The number of halogens is 8. The number of hydrogen-bond acceptors (Lipinski definition) is 14. The molecule has 0 saturated heterocycles. The number of alkyl halides is 6. The number of nitrogens with two attached hydrogens (primary N) is 2. The fraction of sp³-hybridized carbons (Fsp3) is 0.286. The summed E-state index contributed by atoms with van der Waals surface area (Å²) in [6, 6.07) is 13.3. The molecule has 352 valence electrons. The number of fused-ring (bicyclic) bond motifs is 2. The second kappa shape index (κ2) is 17.4. The van der Waals surface area contributed by atoms with Crippen LogP contribution in [0.1, 0.15) is 58.4 Å². The van der Waals surface area contributed by atoms with Crippen LogP contribution >= 0.6 is 22.7 Å². The van der Waals surface area contributed by atoms with Gasteiger partial charge >= 0.3 is 12.4 Å². The highest BCUT2D eigenvalue weighted by Crippen LogP contribution is 2.43. The number of aromatic nitrogens is 4. The minimum absolute atomic E-state index is 0.0610. The van der Waals surface area contributed by atoms with Crippen LogP contribution < -0.4 is 22.1 Å². The number of carbonyl (C=O) groups is 2. The fourth-order valence-corrected chi connectivity index (χ4v) is 8.25. The molecule has 0 fully saturated rings. The number of benzene rings is 2. The number of aliphatic imine (C=N–C) groups is 2. The van der Waals surface area contributed by atoms with Crippen molar-refractivity contribution >= 4 is 89.9 Å². The zero-order valence-corrected chi connectivity index (χ0v) is 37.0. The van der Waals surface area contributed by atoms with Crippen LogP contribution in [-0.2, 0) is 20.6 Å². The highest BCUT2D eigenvalue weighted by atomic mass is 32.1. The van der Waals surface area contributed by atoms with Gasteiger partial charge in [0.1, 0.15) is 45.4 Å². The number of carbonyl (C=O) groups excluding carboxylic acids is 2. The summed E-state index contributed by atoms with van der Waals surface area (Å²) in [5.41, 5.74) is 3.48. The summed E-state index contributed by atoms with van der Waals surface area (Å²) in [6.07, 6.45) is -9.62. The third-order valence-corrected chi connectivity index (χ3v) is 12.7. The van der Waals surface area contributed by atoms with E-state index in [1.807, 2.05) is 0 Å². The molecule has 2 aliphatic rings. The lowest BCUT2D eigenvalue weighted by Gasteiger charge is -2.41.